The van der Waals surface area contributed by atoms with E-state index in [0.29, 0.717) is 18.1 Å². The van der Waals surface area contributed by atoms with Crippen molar-refractivity contribution in [2.45, 2.75) is 58.8 Å². The molecule has 0 amide bonds. The van der Waals surface area contributed by atoms with Gasteiger partial charge < -0.3 is 9.47 Å². The summed E-state index contributed by atoms with van der Waals surface area (Å²) in [5.74, 6) is 2.26. The van der Waals surface area contributed by atoms with E-state index in [1.54, 1.807) is 14.2 Å². The maximum atomic E-state index is 12.5. The van der Waals surface area contributed by atoms with Crippen molar-refractivity contribution in [2.24, 2.45) is 0 Å². The van der Waals surface area contributed by atoms with Gasteiger partial charge >= 0.3 is 0 Å². The number of carbonyl (C=O) groups is 1. The third kappa shape index (κ3) is 2.52. The fourth-order valence-corrected chi connectivity index (χ4v) is 4.19. The van der Waals surface area contributed by atoms with Crippen molar-refractivity contribution in [3.05, 3.63) is 34.4 Å². The molecule has 0 aliphatic heterocycles. The minimum absolute atomic E-state index is 0.319. The van der Waals surface area contributed by atoms with E-state index in [1.165, 1.54) is 11.1 Å². The van der Waals surface area contributed by atoms with E-state index in [2.05, 4.69) is 32.9 Å². The van der Waals surface area contributed by atoms with E-state index >= 15 is 0 Å². The number of fused-ring (bicyclic) bond motifs is 2. The number of carbonyl (C=O) groups excluding carboxylic acids is 1. The first-order chi connectivity index (χ1) is 11.7. The molecule has 0 radical (unpaired) electrons. The number of aryl methyl sites for hydroxylation is 1. The molecule has 0 unspecified atom stereocenters. The van der Waals surface area contributed by atoms with E-state index < -0.39 is 5.41 Å². The van der Waals surface area contributed by atoms with Crippen molar-refractivity contribution >= 4 is 16.6 Å². The van der Waals surface area contributed by atoms with Gasteiger partial charge in [-0.05, 0) is 67.3 Å². The molecule has 3 heteroatoms. The topological polar surface area (TPSA) is 35.5 Å². The van der Waals surface area contributed by atoms with Crippen LogP contribution < -0.4 is 9.47 Å². The molecule has 0 atom stereocenters. The van der Waals surface area contributed by atoms with Gasteiger partial charge in [-0.25, -0.2) is 0 Å². The van der Waals surface area contributed by atoms with Crippen molar-refractivity contribution in [3.63, 3.8) is 0 Å². The zero-order valence-corrected chi connectivity index (χ0v) is 16.4. The summed E-state index contributed by atoms with van der Waals surface area (Å²) in [6.07, 6.45) is 1.41. The van der Waals surface area contributed by atoms with Crippen molar-refractivity contribution in [2.75, 3.05) is 14.2 Å². The summed E-state index contributed by atoms with van der Waals surface area (Å²) in [7, 11) is 3.40. The summed E-state index contributed by atoms with van der Waals surface area (Å²) < 4.78 is 11.5. The lowest BCUT2D eigenvalue weighted by Gasteiger charge is -2.33. The molecule has 1 aliphatic carbocycles. The standard InChI is InChI=1S/C22H28O3/c1-12(2)16-10-14-11-17-15(8-9-18(23)22(17,4)5)13(3)19(14)21(25-7)20(16)24-6/h10-12H,8-9H2,1-7H3. The van der Waals surface area contributed by atoms with Gasteiger partial charge in [-0.3, -0.25) is 4.79 Å². The molecule has 0 saturated heterocycles. The van der Waals surface area contributed by atoms with Gasteiger partial charge in [-0.2, -0.15) is 0 Å². The highest BCUT2D eigenvalue weighted by molar-refractivity contribution is 5.99. The van der Waals surface area contributed by atoms with Crippen LogP contribution in [-0.2, 0) is 16.6 Å². The van der Waals surface area contributed by atoms with Crippen LogP contribution in [0.4, 0.5) is 0 Å². The van der Waals surface area contributed by atoms with Gasteiger partial charge in [0, 0.05) is 22.8 Å². The monoisotopic (exact) mass is 340 g/mol. The van der Waals surface area contributed by atoms with Crippen LogP contribution >= 0.6 is 0 Å². The maximum absolute atomic E-state index is 12.5. The SMILES string of the molecule is COc1c(C(C)C)cc2cc3c(c(C)c2c1OC)CCC(=O)C3(C)C. The number of ether oxygens (including phenoxy) is 2. The third-order valence-corrected chi connectivity index (χ3v) is 5.75. The Balaban J connectivity index is 2.46. The molecular weight excluding hydrogens is 312 g/mol. The normalized spacial score (nSPS) is 16.2. The van der Waals surface area contributed by atoms with E-state index in [0.717, 1.165) is 39.8 Å². The maximum Gasteiger partial charge on any atom is 0.169 e. The first-order valence-corrected chi connectivity index (χ1v) is 8.98. The van der Waals surface area contributed by atoms with Crippen LogP contribution in [0.2, 0.25) is 0 Å². The summed E-state index contributed by atoms with van der Waals surface area (Å²) in [6.45, 7) is 10.5. The highest BCUT2D eigenvalue weighted by Crippen LogP contribution is 2.47. The molecule has 3 rings (SSSR count). The van der Waals surface area contributed by atoms with Crippen molar-refractivity contribution in [1.29, 1.82) is 0 Å². The van der Waals surface area contributed by atoms with Crippen LogP contribution in [0.3, 0.4) is 0 Å². The zero-order valence-electron chi connectivity index (χ0n) is 16.4. The predicted octanol–water partition coefficient (Wildman–Crippen LogP) is 5.08. The van der Waals surface area contributed by atoms with Crippen LogP contribution in [0.1, 0.15) is 62.3 Å². The van der Waals surface area contributed by atoms with E-state index in [9.17, 15) is 4.79 Å². The molecule has 0 spiro atoms. The average molecular weight is 340 g/mol. The van der Waals surface area contributed by atoms with Gasteiger partial charge in [0.15, 0.2) is 11.5 Å². The molecule has 0 fully saturated rings. The molecule has 0 heterocycles. The minimum Gasteiger partial charge on any atom is -0.493 e. The van der Waals surface area contributed by atoms with Crippen LogP contribution in [0.5, 0.6) is 11.5 Å². The lowest BCUT2D eigenvalue weighted by Crippen LogP contribution is -2.34. The van der Waals surface area contributed by atoms with Gasteiger partial charge in [0.1, 0.15) is 5.78 Å². The first-order valence-electron chi connectivity index (χ1n) is 8.98. The lowest BCUT2D eigenvalue weighted by molar-refractivity contribution is -0.124. The molecule has 0 bridgehead atoms. The second-order valence-corrected chi connectivity index (χ2v) is 7.86. The Kier molecular flexibility index (Phi) is 4.30. The van der Waals surface area contributed by atoms with E-state index in [4.69, 9.17) is 9.47 Å². The summed E-state index contributed by atoms with van der Waals surface area (Å²) in [6, 6.07) is 4.40. The van der Waals surface area contributed by atoms with Crippen LogP contribution in [0.15, 0.2) is 12.1 Å². The molecule has 2 aromatic rings. The fraction of sp³-hybridized carbons (Fsp3) is 0.500. The van der Waals surface area contributed by atoms with Crippen molar-refractivity contribution < 1.29 is 14.3 Å². The number of benzene rings is 2. The Morgan fingerprint density at radius 2 is 1.68 bits per heavy atom. The predicted molar refractivity (Wildman–Crippen MR) is 102 cm³/mol. The Labute approximate surface area is 150 Å². The smallest absolute Gasteiger partial charge is 0.169 e. The Hall–Kier alpha value is -2.03. The minimum atomic E-state index is -0.433. The molecule has 2 aromatic carbocycles. The fourth-order valence-electron chi connectivity index (χ4n) is 4.19. The highest BCUT2D eigenvalue weighted by Gasteiger charge is 2.36. The zero-order chi connectivity index (χ0) is 18.5. The van der Waals surface area contributed by atoms with Gasteiger partial charge in [0.05, 0.1) is 14.2 Å². The second kappa shape index (κ2) is 6.05. The number of hydrogen-bond acceptors (Lipinski definition) is 3. The largest absolute Gasteiger partial charge is 0.493 e. The van der Waals surface area contributed by atoms with Crippen LogP contribution in [0.25, 0.3) is 10.8 Å². The van der Waals surface area contributed by atoms with Gasteiger partial charge in [0.25, 0.3) is 0 Å². The number of ketones is 1. The quantitative estimate of drug-likeness (QED) is 0.781. The second-order valence-electron chi connectivity index (χ2n) is 7.86. The lowest BCUT2D eigenvalue weighted by atomic mass is 9.69. The number of Topliss-reactive ketones (excluding diaryl/α,β-unsaturated/α-hetero) is 1. The number of hydrogen-bond donors (Lipinski definition) is 0. The highest BCUT2D eigenvalue weighted by atomic mass is 16.5. The molecule has 134 valence electrons. The summed E-state index contributed by atoms with van der Waals surface area (Å²) in [5.41, 5.74) is 4.35. The van der Waals surface area contributed by atoms with Crippen molar-refractivity contribution in [1.82, 2.24) is 0 Å². The molecule has 25 heavy (non-hydrogen) atoms. The Morgan fingerprint density at radius 1 is 1.04 bits per heavy atom. The van der Waals surface area contributed by atoms with Crippen LogP contribution in [-0.4, -0.2) is 20.0 Å². The molecule has 3 nitrogen and oxygen atoms in total. The molecule has 0 saturated carbocycles. The summed E-state index contributed by atoms with van der Waals surface area (Å²) in [4.78, 5) is 12.5. The third-order valence-electron chi connectivity index (χ3n) is 5.75. The van der Waals surface area contributed by atoms with Crippen molar-refractivity contribution in [3.8, 4) is 11.5 Å². The first kappa shape index (κ1) is 17.8. The molecule has 0 N–H and O–H groups in total. The number of methoxy groups -OCH3 is 2. The molecule has 1 aliphatic rings. The Morgan fingerprint density at radius 3 is 2.24 bits per heavy atom. The van der Waals surface area contributed by atoms with Gasteiger partial charge in [-0.15, -0.1) is 0 Å². The van der Waals surface area contributed by atoms with Crippen LogP contribution in [0, 0.1) is 6.92 Å². The molecule has 0 aromatic heterocycles. The molecular formula is C22H28O3. The summed E-state index contributed by atoms with van der Waals surface area (Å²) >= 11 is 0. The number of rotatable bonds is 3. The van der Waals surface area contributed by atoms with E-state index in [1.807, 2.05) is 13.8 Å². The summed E-state index contributed by atoms with van der Waals surface area (Å²) in [5, 5.41) is 2.23. The average Bonchev–Trinajstić information content (AvgIpc) is 2.57. The van der Waals surface area contributed by atoms with Gasteiger partial charge in [0.2, 0.25) is 0 Å². The van der Waals surface area contributed by atoms with Gasteiger partial charge in [-0.1, -0.05) is 13.8 Å². The van der Waals surface area contributed by atoms with E-state index in [-0.39, 0.29) is 0 Å². The Bertz CT molecular complexity index is 860.